The first kappa shape index (κ1) is 23.6. The van der Waals surface area contributed by atoms with E-state index >= 15 is 0 Å². The lowest BCUT2D eigenvalue weighted by Crippen LogP contribution is -2.31. The van der Waals surface area contributed by atoms with Crippen molar-refractivity contribution in [3.63, 3.8) is 0 Å². The smallest absolute Gasteiger partial charge is 0.293 e. The topological polar surface area (TPSA) is 101 Å². The Bertz CT molecular complexity index is 1120. The molecule has 1 fully saturated rings. The van der Waals surface area contributed by atoms with E-state index in [1.165, 1.54) is 46.8 Å². The van der Waals surface area contributed by atoms with Gasteiger partial charge in [-0.2, -0.15) is 4.31 Å². The number of benzene rings is 2. The number of rotatable bonds is 7. The third-order valence-electron chi connectivity index (χ3n) is 5.45. The number of nitro groups is 1. The van der Waals surface area contributed by atoms with Crippen molar-refractivity contribution in [3.8, 4) is 0 Å². The highest BCUT2D eigenvalue weighted by atomic mass is 32.2. The minimum Gasteiger partial charge on any atom is -0.372 e. The van der Waals surface area contributed by atoms with Crippen LogP contribution in [0.1, 0.15) is 41.6 Å². The van der Waals surface area contributed by atoms with Gasteiger partial charge in [0.2, 0.25) is 10.0 Å². The van der Waals surface area contributed by atoms with Gasteiger partial charge in [-0.25, -0.2) is 8.42 Å². The maximum absolute atomic E-state index is 12.9. The van der Waals surface area contributed by atoms with E-state index in [4.69, 9.17) is 0 Å². The normalized spacial score (nSPS) is 15.4. The Morgan fingerprint density at radius 1 is 1.03 bits per heavy atom. The summed E-state index contributed by atoms with van der Waals surface area (Å²) in [4.78, 5) is 25.2. The molecule has 32 heavy (non-hydrogen) atoms. The molecule has 0 atom stereocenters. The number of ketones is 1. The molecule has 8 nitrogen and oxygen atoms in total. The van der Waals surface area contributed by atoms with E-state index in [0.29, 0.717) is 29.9 Å². The molecule has 1 heterocycles. The van der Waals surface area contributed by atoms with E-state index in [9.17, 15) is 23.3 Å². The largest absolute Gasteiger partial charge is 0.372 e. The van der Waals surface area contributed by atoms with E-state index in [-0.39, 0.29) is 16.4 Å². The monoisotopic (exact) mass is 457 g/mol. The molecule has 3 rings (SSSR count). The number of hydrogen-bond donors (Lipinski definition) is 0. The van der Waals surface area contributed by atoms with Gasteiger partial charge in [0, 0.05) is 38.8 Å². The van der Waals surface area contributed by atoms with Crippen molar-refractivity contribution in [1.82, 2.24) is 4.31 Å². The molecule has 0 spiro atoms. The molecule has 0 unspecified atom stereocenters. The average Bonchev–Trinajstić information content (AvgIpc) is 3.07. The fourth-order valence-corrected chi connectivity index (χ4v) is 5.18. The molecular formula is C23H27N3O5S. The summed E-state index contributed by atoms with van der Waals surface area (Å²) in [6.45, 7) is 1.04. The fraction of sp³-hybridized carbons (Fsp3) is 0.348. The Hall–Kier alpha value is -3.04. The van der Waals surface area contributed by atoms with Crippen LogP contribution < -0.4 is 4.90 Å². The van der Waals surface area contributed by atoms with Gasteiger partial charge in [-0.15, -0.1) is 0 Å². The number of carbonyl (C=O) groups is 1. The molecule has 1 aliphatic rings. The minimum atomic E-state index is -3.57. The predicted octanol–water partition coefficient (Wildman–Crippen LogP) is 4.12. The molecule has 0 saturated carbocycles. The molecule has 0 radical (unpaired) electrons. The molecule has 0 aliphatic carbocycles. The second kappa shape index (κ2) is 10.1. The zero-order chi connectivity index (χ0) is 23.3. The van der Waals surface area contributed by atoms with Crippen molar-refractivity contribution in [3.05, 3.63) is 69.8 Å². The molecule has 2 aromatic carbocycles. The number of nitro benzene ring substituents is 1. The van der Waals surface area contributed by atoms with Crippen LogP contribution in [0.3, 0.4) is 0 Å². The van der Waals surface area contributed by atoms with Gasteiger partial charge in [-0.1, -0.05) is 25.0 Å². The van der Waals surface area contributed by atoms with Crippen molar-refractivity contribution < 1.29 is 18.1 Å². The molecule has 0 amide bonds. The number of allylic oxidation sites excluding steroid dienone is 1. The van der Waals surface area contributed by atoms with Crippen molar-refractivity contribution >= 4 is 33.3 Å². The van der Waals surface area contributed by atoms with Crippen LogP contribution >= 0.6 is 0 Å². The van der Waals surface area contributed by atoms with Crippen molar-refractivity contribution in [1.29, 1.82) is 0 Å². The van der Waals surface area contributed by atoms with Crippen LogP contribution in [0.5, 0.6) is 0 Å². The van der Waals surface area contributed by atoms with Gasteiger partial charge in [0.1, 0.15) is 5.69 Å². The Morgan fingerprint density at radius 2 is 1.66 bits per heavy atom. The van der Waals surface area contributed by atoms with Crippen LogP contribution in [0.15, 0.2) is 53.4 Å². The maximum Gasteiger partial charge on any atom is 0.293 e. The second-order valence-corrected chi connectivity index (χ2v) is 9.88. The van der Waals surface area contributed by atoms with Gasteiger partial charge in [0.15, 0.2) is 5.78 Å². The highest BCUT2D eigenvalue weighted by Gasteiger charge is 2.25. The summed E-state index contributed by atoms with van der Waals surface area (Å²) in [5.41, 5.74) is 1.29. The zero-order valence-corrected chi connectivity index (χ0v) is 19.0. The maximum atomic E-state index is 12.9. The summed E-state index contributed by atoms with van der Waals surface area (Å²) in [7, 11) is -0.130. The summed E-state index contributed by atoms with van der Waals surface area (Å²) < 4.78 is 27.2. The van der Waals surface area contributed by atoms with Gasteiger partial charge in [-0.3, -0.25) is 14.9 Å². The number of sulfonamides is 1. The molecule has 1 aliphatic heterocycles. The summed E-state index contributed by atoms with van der Waals surface area (Å²) in [6, 6.07) is 10.6. The van der Waals surface area contributed by atoms with Crippen molar-refractivity contribution in [2.45, 2.75) is 30.6 Å². The lowest BCUT2D eigenvalue weighted by atomic mass is 10.1. The Kier molecular flexibility index (Phi) is 7.42. The molecule has 9 heteroatoms. The van der Waals surface area contributed by atoms with Gasteiger partial charge in [-0.05, 0) is 54.8 Å². The zero-order valence-electron chi connectivity index (χ0n) is 18.2. The van der Waals surface area contributed by atoms with E-state index in [1.807, 2.05) is 0 Å². The van der Waals surface area contributed by atoms with Gasteiger partial charge < -0.3 is 4.90 Å². The second-order valence-electron chi connectivity index (χ2n) is 7.94. The first-order valence-electron chi connectivity index (χ1n) is 10.5. The molecule has 170 valence electrons. The van der Waals surface area contributed by atoms with E-state index in [2.05, 4.69) is 0 Å². The first-order valence-corrected chi connectivity index (χ1v) is 11.9. The van der Waals surface area contributed by atoms with Crippen LogP contribution in [0.4, 0.5) is 11.4 Å². The van der Waals surface area contributed by atoms with Crippen LogP contribution in [-0.4, -0.2) is 50.6 Å². The van der Waals surface area contributed by atoms with Gasteiger partial charge in [0.05, 0.1) is 9.82 Å². The van der Waals surface area contributed by atoms with Gasteiger partial charge in [0.25, 0.3) is 5.69 Å². The lowest BCUT2D eigenvalue weighted by molar-refractivity contribution is -0.384. The van der Waals surface area contributed by atoms with Crippen LogP contribution in [0.25, 0.3) is 6.08 Å². The Balaban J connectivity index is 1.75. The lowest BCUT2D eigenvalue weighted by Gasteiger charge is -2.19. The molecule has 2 aromatic rings. The Labute approximate surface area is 188 Å². The highest BCUT2D eigenvalue weighted by Crippen LogP contribution is 2.28. The molecular weight excluding hydrogens is 430 g/mol. The number of carbonyl (C=O) groups excluding carboxylic acids is 1. The third kappa shape index (κ3) is 5.41. The predicted molar refractivity (Wildman–Crippen MR) is 124 cm³/mol. The molecule has 0 N–H and O–H groups in total. The number of nitrogens with zero attached hydrogens (tertiary/aromatic N) is 3. The highest BCUT2D eigenvalue weighted by molar-refractivity contribution is 7.89. The number of anilines is 1. The SMILES string of the molecule is CN(C)c1ccc(/C=C/C(=O)c2ccc(S(=O)(=O)N3CCCCCC3)cc2)cc1[N+](=O)[O-]. The fourth-order valence-electron chi connectivity index (χ4n) is 3.66. The van der Waals surface area contributed by atoms with E-state index in [1.54, 1.807) is 31.1 Å². The number of hydrogen-bond acceptors (Lipinski definition) is 6. The van der Waals surface area contributed by atoms with Crippen LogP contribution in [-0.2, 0) is 10.0 Å². The van der Waals surface area contributed by atoms with E-state index < -0.39 is 14.9 Å². The Morgan fingerprint density at radius 3 is 2.22 bits per heavy atom. The van der Waals surface area contributed by atoms with E-state index in [0.717, 1.165) is 25.7 Å². The summed E-state index contributed by atoms with van der Waals surface area (Å²) in [5.74, 6) is -0.317. The third-order valence-corrected chi connectivity index (χ3v) is 7.36. The van der Waals surface area contributed by atoms with Gasteiger partial charge >= 0.3 is 0 Å². The summed E-state index contributed by atoms with van der Waals surface area (Å²) >= 11 is 0. The molecule has 0 aromatic heterocycles. The average molecular weight is 458 g/mol. The van der Waals surface area contributed by atoms with Crippen LogP contribution in [0, 0.1) is 10.1 Å². The van der Waals surface area contributed by atoms with Crippen molar-refractivity contribution in [2.24, 2.45) is 0 Å². The molecule has 1 saturated heterocycles. The summed E-state index contributed by atoms with van der Waals surface area (Å²) in [6.07, 6.45) is 6.62. The minimum absolute atomic E-state index is 0.0485. The quantitative estimate of drug-likeness (QED) is 0.268. The summed E-state index contributed by atoms with van der Waals surface area (Å²) in [5, 5.41) is 11.3. The standard InChI is InChI=1S/C23H27N3O5S/c1-24(2)21-13-7-18(17-22(21)26(28)29)8-14-23(27)19-9-11-20(12-10-19)32(30,31)25-15-5-3-4-6-16-25/h7-14,17H,3-6,15-16H2,1-2H3/b14-8+. The first-order chi connectivity index (χ1) is 15.2. The molecule has 0 bridgehead atoms. The van der Waals surface area contributed by atoms with Crippen molar-refractivity contribution in [2.75, 3.05) is 32.1 Å². The van der Waals surface area contributed by atoms with Crippen LogP contribution in [0.2, 0.25) is 0 Å².